The van der Waals surface area contributed by atoms with E-state index in [4.69, 9.17) is 9.47 Å². The van der Waals surface area contributed by atoms with E-state index in [2.05, 4.69) is 60.3 Å². The Labute approximate surface area is 171 Å². The summed E-state index contributed by atoms with van der Waals surface area (Å²) in [4.78, 5) is 12.7. The van der Waals surface area contributed by atoms with Crippen molar-refractivity contribution in [3.63, 3.8) is 0 Å². The molecule has 0 radical (unpaired) electrons. The van der Waals surface area contributed by atoms with E-state index >= 15 is 0 Å². The highest BCUT2D eigenvalue weighted by Gasteiger charge is 2.25. The van der Waals surface area contributed by atoms with Gasteiger partial charge in [0.1, 0.15) is 0 Å². The van der Waals surface area contributed by atoms with Crippen LogP contribution >= 0.6 is 0 Å². The van der Waals surface area contributed by atoms with E-state index in [1.807, 2.05) is 12.1 Å². The molecule has 1 unspecified atom stereocenters. The lowest BCUT2D eigenvalue weighted by molar-refractivity contribution is -0.121. The Bertz CT molecular complexity index is 1010. The summed E-state index contributed by atoms with van der Waals surface area (Å²) in [7, 11) is 0. The molecule has 5 nitrogen and oxygen atoms in total. The number of benzene rings is 2. The second kappa shape index (κ2) is 8.60. The van der Waals surface area contributed by atoms with Gasteiger partial charge in [0.05, 0.1) is 0 Å². The Kier molecular flexibility index (Phi) is 5.74. The average Bonchev–Trinajstić information content (AvgIpc) is 3.36. The van der Waals surface area contributed by atoms with Crippen LogP contribution in [0.25, 0.3) is 10.9 Å². The Morgan fingerprint density at radius 3 is 2.79 bits per heavy atom. The van der Waals surface area contributed by atoms with Crippen LogP contribution in [0.2, 0.25) is 0 Å². The van der Waals surface area contributed by atoms with Crippen LogP contribution in [-0.4, -0.2) is 23.8 Å². The third-order valence-electron chi connectivity index (χ3n) is 5.58. The molecule has 3 aromatic rings. The molecule has 2 heterocycles. The maximum atomic E-state index is 12.7. The summed E-state index contributed by atoms with van der Waals surface area (Å²) >= 11 is 0. The zero-order valence-corrected chi connectivity index (χ0v) is 17.1. The first-order valence-corrected chi connectivity index (χ1v) is 10.4. The first-order chi connectivity index (χ1) is 14.2. The van der Waals surface area contributed by atoms with Crippen molar-refractivity contribution in [2.24, 2.45) is 0 Å². The number of hydrogen-bond acceptors (Lipinski definition) is 3. The van der Waals surface area contributed by atoms with E-state index in [1.54, 1.807) is 0 Å². The summed E-state index contributed by atoms with van der Waals surface area (Å²) in [6, 6.07) is 14.4. The summed E-state index contributed by atoms with van der Waals surface area (Å²) in [5.41, 5.74) is 3.44. The molecule has 0 bridgehead atoms. The minimum atomic E-state index is -0.0520. The number of aromatic nitrogens is 1. The van der Waals surface area contributed by atoms with Crippen molar-refractivity contribution >= 4 is 16.8 Å². The number of ether oxygens (including phenoxy) is 2. The van der Waals surface area contributed by atoms with Gasteiger partial charge in [0.25, 0.3) is 0 Å². The summed E-state index contributed by atoms with van der Waals surface area (Å²) in [5, 5.41) is 4.27. The molecule has 0 spiro atoms. The van der Waals surface area contributed by atoms with Gasteiger partial charge in [-0.25, -0.2) is 0 Å². The quantitative estimate of drug-likeness (QED) is 0.559. The lowest BCUT2D eigenvalue weighted by atomic mass is 9.87. The SMILES string of the molecule is CCCCNC(=O)CC(c1ccc2c(c1)OCO2)c1cn(CC)c2ccccc12. The fraction of sp³-hybridized carbons (Fsp3) is 0.375. The smallest absolute Gasteiger partial charge is 0.231 e. The first kappa shape index (κ1) is 19.4. The molecule has 4 rings (SSSR count). The van der Waals surface area contributed by atoms with Crippen LogP contribution in [0.1, 0.15) is 50.2 Å². The van der Waals surface area contributed by atoms with E-state index in [0.717, 1.165) is 43.0 Å². The van der Waals surface area contributed by atoms with Crippen LogP contribution in [0.15, 0.2) is 48.7 Å². The molecule has 1 amide bonds. The Hall–Kier alpha value is -2.95. The number of aryl methyl sites for hydroxylation is 1. The van der Waals surface area contributed by atoms with Crippen molar-refractivity contribution in [1.29, 1.82) is 0 Å². The third-order valence-corrected chi connectivity index (χ3v) is 5.58. The minimum absolute atomic E-state index is 0.0520. The molecule has 5 heteroatoms. The van der Waals surface area contributed by atoms with Crippen LogP contribution in [0.3, 0.4) is 0 Å². The maximum absolute atomic E-state index is 12.7. The molecule has 1 aliphatic rings. The van der Waals surface area contributed by atoms with E-state index in [0.29, 0.717) is 6.42 Å². The fourth-order valence-electron chi connectivity index (χ4n) is 4.01. The number of amides is 1. The van der Waals surface area contributed by atoms with Crippen LogP contribution < -0.4 is 14.8 Å². The van der Waals surface area contributed by atoms with Crippen LogP contribution in [0.4, 0.5) is 0 Å². The van der Waals surface area contributed by atoms with Gasteiger partial charge >= 0.3 is 0 Å². The maximum Gasteiger partial charge on any atom is 0.231 e. The van der Waals surface area contributed by atoms with Gasteiger partial charge in [-0.2, -0.15) is 0 Å². The van der Waals surface area contributed by atoms with Crippen LogP contribution in [0.5, 0.6) is 11.5 Å². The predicted octanol–water partition coefficient (Wildman–Crippen LogP) is 4.83. The largest absolute Gasteiger partial charge is 0.454 e. The standard InChI is InChI=1S/C24H28N2O3/c1-3-5-12-25-24(27)14-19(17-10-11-22-23(13-17)29-16-28-22)20-15-26(4-2)21-9-7-6-8-18(20)21/h6-11,13,15,19H,3-5,12,14,16H2,1-2H3,(H,25,27). The molecule has 1 aromatic heterocycles. The number of hydrogen-bond donors (Lipinski definition) is 1. The summed E-state index contributed by atoms with van der Waals surface area (Å²) in [6.45, 7) is 6.12. The number of carbonyl (C=O) groups excluding carboxylic acids is 1. The van der Waals surface area contributed by atoms with E-state index < -0.39 is 0 Å². The number of nitrogens with one attached hydrogen (secondary N) is 1. The predicted molar refractivity (Wildman–Crippen MR) is 115 cm³/mol. The lowest BCUT2D eigenvalue weighted by Crippen LogP contribution is -2.26. The van der Waals surface area contributed by atoms with Crippen molar-refractivity contribution in [1.82, 2.24) is 9.88 Å². The van der Waals surface area contributed by atoms with Crippen molar-refractivity contribution in [3.8, 4) is 11.5 Å². The van der Waals surface area contributed by atoms with Gasteiger partial charge in [-0.15, -0.1) is 0 Å². The third kappa shape index (κ3) is 3.95. The van der Waals surface area contributed by atoms with Crippen molar-refractivity contribution in [2.75, 3.05) is 13.3 Å². The fourth-order valence-corrected chi connectivity index (χ4v) is 4.01. The molecule has 29 heavy (non-hydrogen) atoms. The van der Waals surface area contributed by atoms with E-state index in [9.17, 15) is 4.79 Å². The monoisotopic (exact) mass is 392 g/mol. The molecular weight excluding hydrogens is 364 g/mol. The Morgan fingerprint density at radius 1 is 1.14 bits per heavy atom. The normalized spacial score (nSPS) is 13.6. The average molecular weight is 392 g/mol. The second-order valence-corrected chi connectivity index (χ2v) is 7.46. The summed E-state index contributed by atoms with van der Waals surface area (Å²) < 4.78 is 13.3. The number of para-hydroxylation sites is 1. The number of carbonyl (C=O) groups is 1. The highest BCUT2D eigenvalue weighted by atomic mass is 16.7. The molecule has 2 aromatic carbocycles. The molecule has 0 saturated carbocycles. The molecule has 0 aliphatic carbocycles. The first-order valence-electron chi connectivity index (χ1n) is 10.4. The van der Waals surface area contributed by atoms with E-state index in [1.165, 1.54) is 16.5 Å². The van der Waals surface area contributed by atoms with E-state index in [-0.39, 0.29) is 18.6 Å². The second-order valence-electron chi connectivity index (χ2n) is 7.46. The summed E-state index contributed by atoms with van der Waals surface area (Å²) in [5.74, 6) is 1.53. The number of rotatable bonds is 8. The van der Waals surface area contributed by atoms with Crippen molar-refractivity contribution < 1.29 is 14.3 Å². The van der Waals surface area contributed by atoms with Gasteiger partial charge in [-0.05, 0) is 42.7 Å². The zero-order chi connectivity index (χ0) is 20.2. The van der Waals surface area contributed by atoms with Gasteiger partial charge in [-0.3, -0.25) is 4.79 Å². The zero-order valence-electron chi connectivity index (χ0n) is 17.1. The number of fused-ring (bicyclic) bond motifs is 2. The molecule has 1 N–H and O–H groups in total. The van der Waals surface area contributed by atoms with Gasteiger partial charge < -0.3 is 19.4 Å². The molecule has 1 aliphatic heterocycles. The van der Waals surface area contributed by atoms with Crippen LogP contribution in [-0.2, 0) is 11.3 Å². The molecule has 152 valence electrons. The topological polar surface area (TPSA) is 52.5 Å². The highest BCUT2D eigenvalue weighted by molar-refractivity contribution is 5.86. The van der Waals surface area contributed by atoms with Crippen molar-refractivity contribution in [2.45, 2.75) is 45.6 Å². The highest BCUT2D eigenvalue weighted by Crippen LogP contribution is 2.40. The molecular formula is C24H28N2O3. The van der Waals surface area contributed by atoms with Gasteiger partial charge in [0, 0.05) is 42.5 Å². The Balaban J connectivity index is 1.73. The van der Waals surface area contributed by atoms with Crippen LogP contribution in [0, 0.1) is 0 Å². The van der Waals surface area contributed by atoms with Crippen molar-refractivity contribution in [3.05, 3.63) is 59.8 Å². The van der Waals surface area contributed by atoms with Gasteiger partial charge in [0.15, 0.2) is 11.5 Å². The molecule has 0 fully saturated rings. The molecule has 0 saturated heterocycles. The number of unbranched alkanes of at least 4 members (excludes halogenated alkanes) is 1. The molecule has 1 atom stereocenters. The lowest BCUT2D eigenvalue weighted by Gasteiger charge is -2.18. The number of nitrogens with zero attached hydrogens (tertiary/aromatic N) is 1. The minimum Gasteiger partial charge on any atom is -0.454 e. The Morgan fingerprint density at radius 2 is 1.97 bits per heavy atom. The van der Waals surface area contributed by atoms with Gasteiger partial charge in [-0.1, -0.05) is 37.6 Å². The summed E-state index contributed by atoms with van der Waals surface area (Å²) in [6.07, 6.45) is 4.66. The van der Waals surface area contributed by atoms with Gasteiger partial charge in [0.2, 0.25) is 12.7 Å².